The lowest BCUT2D eigenvalue weighted by Gasteiger charge is -2.13. The summed E-state index contributed by atoms with van der Waals surface area (Å²) in [4.78, 5) is 13.8. The number of rotatable bonds is 7. The lowest BCUT2D eigenvalue weighted by molar-refractivity contribution is 0.251. The van der Waals surface area contributed by atoms with Gasteiger partial charge in [0.05, 0.1) is 19.9 Å². The Labute approximate surface area is 120 Å². The number of ether oxygens (including phenoxy) is 2. The number of nitrogens with zero attached hydrogens (tertiary/aromatic N) is 1. The van der Waals surface area contributed by atoms with Crippen LogP contribution in [0.5, 0.6) is 11.5 Å². The lowest BCUT2D eigenvalue weighted by Crippen LogP contribution is -2.31. The third kappa shape index (κ3) is 5.36. The molecule has 2 amide bonds. The zero-order valence-corrected chi connectivity index (χ0v) is 12.5. The van der Waals surface area contributed by atoms with Crippen molar-refractivity contribution >= 4 is 11.7 Å². The highest BCUT2D eigenvalue weighted by Gasteiger charge is 2.08. The first-order valence-corrected chi connectivity index (χ1v) is 6.48. The van der Waals surface area contributed by atoms with Crippen LogP contribution in [-0.4, -0.2) is 52.3 Å². The Morgan fingerprint density at radius 2 is 2.00 bits per heavy atom. The zero-order chi connectivity index (χ0) is 15.0. The van der Waals surface area contributed by atoms with Crippen LogP contribution in [0.4, 0.5) is 10.5 Å². The first-order chi connectivity index (χ1) is 9.56. The van der Waals surface area contributed by atoms with Crippen LogP contribution < -0.4 is 20.1 Å². The molecule has 0 radical (unpaired) electrons. The van der Waals surface area contributed by atoms with Gasteiger partial charge >= 0.3 is 6.03 Å². The van der Waals surface area contributed by atoms with Crippen molar-refractivity contribution in [2.75, 3.05) is 46.7 Å². The molecule has 0 aliphatic rings. The fraction of sp³-hybridized carbons (Fsp3) is 0.500. The summed E-state index contributed by atoms with van der Waals surface area (Å²) in [6, 6.07) is 5.00. The molecule has 0 heterocycles. The van der Waals surface area contributed by atoms with E-state index in [0.29, 0.717) is 23.7 Å². The Hall–Kier alpha value is -1.95. The number of anilines is 1. The first-order valence-electron chi connectivity index (χ1n) is 6.48. The average molecular weight is 281 g/mol. The molecular formula is C14H23N3O3. The second-order valence-corrected chi connectivity index (χ2v) is 4.60. The van der Waals surface area contributed by atoms with E-state index in [-0.39, 0.29) is 6.03 Å². The van der Waals surface area contributed by atoms with Crippen molar-refractivity contribution in [2.24, 2.45) is 0 Å². The van der Waals surface area contributed by atoms with E-state index in [0.717, 1.165) is 13.0 Å². The Balaban J connectivity index is 2.49. The van der Waals surface area contributed by atoms with Crippen molar-refractivity contribution in [3.8, 4) is 11.5 Å². The van der Waals surface area contributed by atoms with Crippen LogP contribution in [0.15, 0.2) is 18.2 Å². The fourth-order valence-corrected chi connectivity index (χ4v) is 1.67. The minimum absolute atomic E-state index is 0.243. The van der Waals surface area contributed by atoms with E-state index in [4.69, 9.17) is 9.47 Å². The molecule has 0 aliphatic carbocycles. The number of carbonyl (C=O) groups excluding carboxylic acids is 1. The molecule has 0 saturated carbocycles. The lowest BCUT2D eigenvalue weighted by atomic mass is 10.2. The van der Waals surface area contributed by atoms with Crippen LogP contribution in [0, 0.1) is 0 Å². The third-order valence-electron chi connectivity index (χ3n) is 2.72. The van der Waals surface area contributed by atoms with Gasteiger partial charge in [0, 0.05) is 12.6 Å². The van der Waals surface area contributed by atoms with Crippen molar-refractivity contribution in [1.82, 2.24) is 10.2 Å². The highest BCUT2D eigenvalue weighted by atomic mass is 16.5. The van der Waals surface area contributed by atoms with E-state index in [1.807, 2.05) is 14.1 Å². The Bertz CT molecular complexity index is 436. The second kappa shape index (κ2) is 8.27. The van der Waals surface area contributed by atoms with Crippen LogP contribution in [0.25, 0.3) is 0 Å². The quantitative estimate of drug-likeness (QED) is 0.748. The minimum atomic E-state index is -0.243. The number of amides is 2. The van der Waals surface area contributed by atoms with Crippen LogP contribution >= 0.6 is 0 Å². The van der Waals surface area contributed by atoms with Gasteiger partial charge in [-0.15, -0.1) is 0 Å². The van der Waals surface area contributed by atoms with Crippen LogP contribution in [-0.2, 0) is 0 Å². The van der Waals surface area contributed by atoms with Crippen molar-refractivity contribution in [3.63, 3.8) is 0 Å². The number of hydrogen-bond acceptors (Lipinski definition) is 4. The molecule has 0 aliphatic heterocycles. The fourth-order valence-electron chi connectivity index (χ4n) is 1.67. The maximum Gasteiger partial charge on any atom is 0.319 e. The Morgan fingerprint density at radius 3 is 2.60 bits per heavy atom. The van der Waals surface area contributed by atoms with Gasteiger partial charge in [-0.1, -0.05) is 0 Å². The molecule has 0 aromatic heterocycles. The van der Waals surface area contributed by atoms with Gasteiger partial charge in [0.15, 0.2) is 0 Å². The van der Waals surface area contributed by atoms with Gasteiger partial charge in [-0.05, 0) is 39.2 Å². The minimum Gasteiger partial charge on any atom is -0.497 e. The molecule has 2 N–H and O–H groups in total. The van der Waals surface area contributed by atoms with E-state index in [1.165, 1.54) is 0 Å². The highest BCUT2D eigenvalue weighted by Crippen LogP contribution is 2.28. The molecule has 0 spiro atoms. The number of methoxy groups -OCH3 is 2. The predicted molar refractivity (Wildman–Crippen MR) is 79.7 cm³/mol. The number of hydrogen-bond donors (Lipinski definition) is 2. The van der Waals surface area contributed by atoms with Crippen LogP contribution in [0.1, 0.15) is 6.42 Å². The van der Waals surface area contributed by atoms with Gasteiger partial charge in [0.25, 0.3) is 0 Å². The summed E-state index contributed by atoms with van der Waals surface area (Å²) in [5.74, 6) is 1.24. The predicted octanol–water partition coefficient (Wildman–Crippen LogP) is 1.78. The molecule has 6 heteroatoms. The summed E-state index contributed by atoms with van der Waals surface area (Å²) in [5, 5.41) is 5.56. The van der Waals surface area contributed by atoms with E-state index < -0.39 is 0 Å². The molecular weight excluding hydrogens is 258 g/mol. The molecule has 0 fully saturated rings. The summed E-state index contributed by atoms with van der Waals surface area (Å²) in [6.07, 6.45) is 0.903. The SMILES string of the molecule is COc1ccc(NC(=O)NCCCN(C)C)c(OC)c1. The number of nitrogens with one attached hydrogen (secondary N) is 2. The highest BCUT2D eigenvalue weighted by molar-refractivity contribution is 5.91. The molecule has 0 atom stereocenters. The largest absolute Gasteiger partial charge is 0.497 e. The molecule has 1 rings (SSSR count). The number of benzene rings is 1. The molecule has 0 saturated heterocycles. The first kappa shape index (κ1) is 16.1. The normalized spacial score (nSPS) is 10.2. The molecule has 1 aromatic rings. The summed E-state index contributed by atoms with van der Waals surface area (Å²) in [7, 11) is 7.14. The van der Waals surface area contributed by atoms with Gasteiger partial charge in [-0.3, -0.25) is 0 Å². The van der Waals surface area contributed by atoms with Crippen molar-refractivity contribution in [3.05, 3.63) is 18.2 Å². The van der Waals surface area contributed by atoms with Gasteiger partial charge in [0.2, 0.25) is 0 Å². The summed E-state index contributed by atoms with van der Waals surface area (Å²) >= 11 is 0. The summed E-state index contributed by atoms with van der Waals surface area (Å²) < 4.78 is 10.3. The van der Waals surface area contributed by atoms with Crippen molar-refractivity contribution in [1.29, 1.82) is 0 Å². The maximum atomic E-state index is 11.8. The van der Waals surface area contributed by atoms with E-state index in [1.54, 1.807) is 32.4 Å². The zero-order valence-electron chi connectivity index (χ0n) is 12.5. The standard InChI is InChI=1S/C14H23N3O3/c1-17(2)9-5-8-15-14(18)16-12-7-6-11(19-3)10-13(12)20-4/h6-7,10H,5,8-9H2,1-4H3,(H2,15,16,18). The second-order valence-electron chi connectivity index (χ2n) is 4.60. The van der Waals surface area contributed by atoms with Gasteiger partial charge in [-0.25, -0.2) is 4.79 Å². The number of urea groups is 1. The molecule has 20 heavy (non-hydrogen) atoms. The maximum absolute atomic E-state index is 11.8. The topological polar surface area (TPSA) is 62.8 Å². The Kier molecular flexibility index (Phi) is 6.66. The van der Waals surface area contributed by atoms with Crippen molar-refractivity contribution in [2.45, 2.75) is 6.42 Å². The molecule has 0 unspecified atom stereocenters. The van der Waals surface area contributed by atoms with Crippen LogP contribution in [0.2, 0.25) is 0 Å². The van der Waals surface area contributed by atoms with Gasteiger partial charge < -0.3 is 25.0 Å². The average Bonchev–Trinajstić information content (AvgIpc) is 2.43. The Morgan fingerprint density at radius 1 is 1.25 bits per heavy atom. The molecule has 1 aromatic carbocycles. The van der Waals surface area contributed by atoms with Crippen molar-refractivity contribution < 1.29 is 14.3 Å². The number of carbonyl (C=O) groups is 1. The summed E-state index contributed by atoms with van der Waals surface area (Å²) in [6.45, 7) is 1.56. The van der Waals surface area contributed by atoms with E-state index in [2.05, 4.69) is 15.5 Å². The van der Waals surface area contributed by atoms with E-state index in [9.17, 15) is 4.79 Å². The molecule has 0 bridgehead atoms. The van der Waals surface area contributed by atoms with Gasteiger partial charge in [-0.2, -0.15) is 0 Å². The molecule has 6 nitrogen and oxygen atoms in total. The third-order valence-corrected chi connectivity index (χ3v) is 2.72. The smallest absolute Gasteiger partial charge is 0.319 e. The van der Waals surface area contributed by atoms with Crippen LogP contribution in [0.3, 0.4) is 0 Å². The monoisotopic (exact) mass is 281 g/mol. The van der Waals surface area contributed by atoms with E-state index >= 15 is 0 Å². The van der Waals surface area contributed by atoms with Gasteiger partial charge in [0.1, 0.15) is 11.5 Å². The summed E-state index contributed by atoms with van der Waals surface area (Å²) in [5.41, 5.74) is 0.610. The molecule has 112 valence electrons.